The Kier molecular flexibility index (Phi) is 6.15. The lowest BCUT2D eigenvalue weighted by molar-refractivity contribution is 0.0877. The Morgan fingerprint density at radius 2 is 1.91 bits per heavy atom. The fraction of sp³-hybridized carbons (Fsp3) is 0.346. The molecule has 2 atom stereocenters. The summed E-state index contributed by atoms with van der Waals surface area (Å²) >= 11 is 0. The highest BCUT2D eigenvalue weighted by Crippen LogP contribution is 2.38. The minimum absolute atomic E-state index is 0.000186. The van der Waals surface area contributed by atoms with Crippen molar-refractivity contribution in [1.82, 2.24) is 20.4 Å². The number of hydrogen-bond donors (Lipinski definition) is 1. The fourth-order valence-corrected chi connectivity index (χ4v) is 4.52. The standard InChI is InChI=1S/C26H27FN4O3/c1-3-17-6-8-18(9-7-17)23-22(16(2)31(26(32)28-23)15-21-5-4-14-33-21)25-29-24(30-34-25)19-10-12-20(27)13-11-19/h6-13,21,23H,3-5,14-15H2,1-2H3,(H,28,32). The van der Waals surface area contributed by atoms with E-state index < -0.39 is 6.04 Å². The topological polar surface area (TPSA) is 80.5 Å². The maximum atomic E-state index is 13.4. The van der Waals surface area contributed by atoms with Gasteiger partial charge in [-0.2, -0.15) is 4.98 Å². The van der Waals surface area contributed by atoms with Crippen LogP contribution in [0.3, 0.4) is 0 Å². The van der Waals surface area contributed by atoms with Gasteiger partial charge < -0.3 is 14.6 Å². The number of ether oxygens (including phenoxy) is 1. The van der Waals surface area contributed by atoms with Crippen LogP contribution in [0.15, 0.2) is 58.8 Å². The molecule has 0 radical (unpaired) electrons. The minimum Gasteiger partial charge on any atom is -0.376 e. The average Bonchev–Trinajstić information content (AvgIpc) is 3.54. The zero-order chi connectivity index (χ0) is 23.7. The molecule has 2 aliphatic heterocycles. The molecule has 8 heteroatoms. The molecule has 1 saturated heterocycles. The number of nitrogens with zero attached hydrogens (tertiary/aromatic N) is 3. The fourth-order valence-electron chi connectivity index (χ4n) is 4.52. The number of carbonyl (C=O) groups is 1. The van der Waals surface area contributed by atoms with Crippen molar-refractivity contribution in [2.24, 2.45) is 0 Å². The van der Waals surface area contributed by atoms with Crippen LogP contribution in [0, 0.1) is 5.82 Å². The van der Waals surface area contributed by atoms with Crippen molar-refractivity contribution in [1.29, 1.82) is 0 Å². The lowest BCUT2D eigenvalue weighted by Crippen LogP contribution is -2.48. The molecule has 1 N–H and O–H groups in total. The summed E-state index contributed by atoms with van der Waals surface area (Å²) in [4.78, 5) is 19.5. The minimum atomic E-state index is -0.444. The summed E-state index contributed by atoms with van der Waals surface area (Å²) in [6.45, 7) is 5.18. The van der Waals surface area contributed by atoms with Crippen LogP contribution >= 0.6 is 0 Å². The summed E-state index contributed by atoms with van der Waals surface area (Å²) in [6, 6.07) is 13.5. The largest absolute Gasteiger partial charge is 0.376 e. The van der Waals surface area contributed by atoms with E-state index in [2.05, 4.69) is 34.5 Å². The summed E-state index contributed by atoms with van der Waals surface area (Å²) in [5.74, 6) is 0.345. The Morgan fingerprint density at radius 3 is 2.59 bits per heavy atom. The number of nitrogens with one attached hydrogen (secondary N) is 1. The Morgan fingerprint density at radius 1 is 1.15 bits per heavy atom. The van der Waals surface area contributed by atoms with Crippen LogP contribution in [0.25, 0.3) is 17.0 Å². The number of hydrogen-bond acceptors (Lipinski definition) is 5. The van der Waals surface area contributed by atoms with Gasteiger partial charge in [-0.25, -0.2) is 9.18 Å². The van der Waals surface area contributed by atoms with E-state index in [0.29, 0.717) is 30.4 Å². The van der Waals surface area contributed by atoms with Crippen molar-refractivity contribution >= 4 is 11.6 Å². The molecule has 1 aromatic heterocycles. The summed E-state index contributed by atoms with van der Waals surface area (Å²) in [5, 5.41) is 7.26. The van der Waals surface area contributed by atoms with Gasteiger partial charge in [-0.05, 0) is 61.6 Å². The number of carbonyl (C=O) groups excluding carboxylic acids is 1. The summed E-state index contributed by atoms with van der Waals surface area (Å²) in [5.41, 5.74) is 4.28. The molecule has 1 fully saturated rings. The van der Waals surface area contributed by atoms with E-state index in [1.54, 1.807) is 17.0 Å². The highest BCUT2D eigenvalue weighted by atomic mass is 19.1. The third-order valence-electron chi connectivity index (χ3n) is 6.49. The number of halogens is 1. The molecule has 34 heavy (non-hydrogen) atoms. The van der Waals surface area contributed by atoms with Gasteiger partial charge in [-0.1, -0.05) is 36.3 Å². The molecule has 0 bridgehead atoms. The Bertz CT molecular complexity index is 1200. The van der Waals surface area contributed by atoms with Gasteiger partial charge in [-0.15, -0.1) is 0 Å². The molecule has 2 aliphatic rings. The van der Waals surface area contributed by atoms with Crippen LogP contribution in [-0.4, -0.2) is 40.3 Å². The van der Waals surface area contributed by atoms with Crippen molar-refractivity contribution in [3.05, 3.63) is 77.1 Å². The van der Waals surface area contributed by atoms with Gasteiger partial charge in [0.15, 0.2) is 0 Å². The van der Waals surface area contributed by atoms with Crippen molar-refractivity contribution < 1.29 is 18.4 Å². The van der Waals surface area contributed by atoms with Gasteiger partial charge in [0.1, 0.15) is 5.82 Å². The molecule has 7 nitrogen and oxygen atoms in total. The second-order valence-electron chi connectivity index (χ2n) is 8.65. The molecule has 5 rings (SSSR count). The van der Waals surface area contributed by atoms with E-state index in [1.165, 1.54) is 17.7 Å². The lowest BCUT2D eigenvalue weighted by atomic mass is 9.93. The number of amides is 2. The second-order valence-corrected chi connectivity index (χ2v) is 8.65. The van der Waals surface area contributed by atoms with Crippen LogP contribution < -0.4 is 5.32 Å². The van der Waals surface area contributed by atoms with E-state index in [4.69, 9.17) is 9.26 Å². The van der Waals surface area contributed by atoms with Gasteiger partial charge in [-0.3, -0.25) is 4.90 Å². The van der Waals surface area contributed by atoms with Crippen LogP contribution in [-0.2, 0) is 11.2 Å². The third kappa shape index (κ3) is 4.33. The molecule has 3 heterocycles. The molecule has 0 aliphatic carbocycles. The first kappa shape index (κ1) is 22.3. The molecule has 2 unspecified atom stereocenters. The van der Waals surface area contributed by atoms with Gasteiger partial charge in [0.25, 0.3) is 5.89 Å². The number of allylic oxidation sites excluding steroid dienone is 1. The number of urea groups is 1. The lowest BCUT2D eigenvalue weighted by Gasteiger charge is -2.36. The van der Waals surface area contributed by atoms with Crippen molar-refractivity contribution in [3.8, 4) is 11.4 Å². The van der Waals surface area contributed by atoms with E-state index in [-0.39, 0.29) is 18.0 Å². The van der Waals surface area contributed by atoms with Crippen molar-refractivity contribution in [3.63, 3.8) is 0 Å². The highest BCUT2D eigenvalue weighted by Gasteiger charge is 2.37. The molecule has 2 amide bonds. The van der Waals surface area contributed by atoms with Gasteiger partial charge in [0.05, 0.1) is 24.3 Å². The van der Waals surface area contributed by atoms with Gasteiger partial charge in [0.2, 0.25) is 5.82 Å². The van der Waals surface area contributed by atoms with Crippen LogP contribution in [0.2, 0.25) is 0 Å². The first-order valence-corrected chi connectivity index (χ1v) is 11.6. The second kappa shape index (κ2) is 9.38. The Balaban J connectivity index is 1.55. The predicted molar refractivity (Wildman–Crippen MR) is 125 cm³/mol. The van der Waals surface area contributed by atoms with Crippen LogP contribution in [0.1, 0.15) is 49.7 Å². The average molecular weight is 463 g/mol. The quantitative estimate of drug-likeness (QED) is 0.550. The summed E-state index contributed by atoms with van der Waals surface area (Å²) in [6.07, 6.45) is 2.84. The van der Waals surface area contributed by atoms with E-state index in [1.807, 2.05) is 19.1 Å². The number of benzene rings is 2. The smallest absolute Gasteiger partial charge is 0.322 e. The zero-order valence-electron chi connectivity index (χ0n) is 19.3. The third-order valence-corrected chi connectivity index (χ3v) is 6.49. The van der Waals surface area contributed by atoms with Gasteiger partial charge >= 0.3 is 6.03 Å². The number of aryl methyl sites for hydroxylation is 1. The normalized spacial score (nSPS) is 20.7. The Hall–Kier alpha value is -3.52. The molecule has 0 spiro atoms. The number of rotatable bonds is 6. The molecular formula is C26H27FN4O3. The molecule has 0 saturated carbocycles. The summed E-state index contributed by atoms with van der Waals surface area (Å²) < 4.78 is 24.8. The van der Waals surface area contributed by atoms with E-state index in [9.17, 15) is 9.18 Å². The monoisotopic (exact) mass is 462 g/mol. The zero-order valence-corrected chi connectivity index (χ0v) is 19.3. The van der Waals surface area contributed by atoms with Crippen molar-refractivity contribution in [2.75, 3.05) is 13.2 Å². The summed E-state index contributed by atoms with van der Waals surface area (Å²) in [7, 11) is 0. The number of aromatic nitrogens is 2. The van der Waals surface area contributed by atoms with Crippen molar-refractivity contribution in [2.45, 2.75) is 45.3 Å². The van der Waals surface area contributed by atoms with Crippen LogP contribution in [0.4, 0.5) is 9.18 Å². The molecule has 2 aromatic carbocycles. The first-order valence-electron chi connectivity index (χ1n) is 11.6. The van der Waals surface area contributed by atoms with Crippen LogP contribution in [0.5, 0.6) is 0 Å². The van der Waals surface area contributed by atoms with Gasteiger partial charge in [0, 0.05) is 17.9 Å². The maximum Gasteiger partial charge on any atom is 0.322 e. The van der Waals surface area contributed by atoms with E-state index >= 15 is 0 Å². The molecule has 176 valence electrons. The molecular weight excluding hydrogens is 435 g/mol. The predicted octanol–water partition coefficient (Wildman–Crippen LogP) is 5.11. The maximum absolute atomic E-state index is 13.4. The first-order chi connectivity index (χ1) is 16.5. The Labute approximate surface area is 197 Å². The SMILES string of the molecule is CCc1ccc(C2NC(=O)N(CC3CCCO3)C(C)=C2c2nc(-c3ccc(F)cc3)no2)cc1. The van der Waals surface area contributed by atoms with E-state index in [0.717, 1.165) is 36.1 Å². The highest BCUT2D eigenvalue weighted by molar-refractivity contribution is 5.87. The molecule has 3 aromatic rings.